The second-order valence-electron chi connectivity index (χ2n) is 3.39. The predicted octanol–water partition coefficient (Wildman–Crippen LogP) is 1.80. The third kappa shape index (κ3) is 3.58. The molecule has 1 rings (SSSR count). The molecule has 0 saturated carbocycles. The van der Waals surface area contributed by atoms with E-state index in [9.17, 15) is 8.42 Å². The molecule has 0 bridgehead atoms. The lowest BCUT2D eigenvalue weighted by molar-refractivity contribution is 0.414. The van der Waals surface area contributed by atoms with E-state index in [1.54, 1.807) is 31.4 Å². The lowest BCUT2D eigenvalue weighted by Gasteiger charge is -2.10. The van der Waals surface area contributed by atoms with Gasteiger partial charge in [0, 0.05) is 0 Å². The smallest absolute Gasteiger partial charge is 0.229 e. The van der Waals surface area contributed by atoms with Crippen molar-refractivity contribution < 1.29 is 13.2 Å². The molecule has 0 unspecified atom stereocenters. The van der Waals surface area contributed by atoms with Crippen molar-refractivity contribution in [2.45, 2.75) is 6.42 Å². The first-order chi connectivity index (χ1) is 7.46. The molecule has 0 heterocycles. The van der Waals surface area contributed by atoms with Gasteiger partial charge in [-0.25, -0.2) is 8.42 Å². The van der Waals surface area contributed by atoms with Crippen LogP contribution in [0.15, 0.2) is 30.9 Å². The van der Waals surface area contributed by atoms with Crippen molar-refractivity contribution in [3.05, 3.63) is 36.4 Å². The van der Waals surface area contributed by atoms with Crippen LogP contribution >= 0.6 is 0 Å². The highest BCUT2D eigenvalue weighted by Crippen LogP contribution is 2.23. The van der Waals surface area contributed by atoms with Crippen LogP contribution in [-0.4, -0.2) is 21.8 Å². The Kier molecular flexibility index (Phi) is 3.95. The van der Waals surface area contributed by atoms with Crippen molar-refractivity contribution in [2.24, 2.45) is 0 Å². The van der Waals surface area contributed by atoms with E-state index in [0.717, 1.165) is 11.8 Å². The standard InChI is InChI=1S/C11H15NO3S/c1-4-5-9-8-10(15-2)6-7-11(9)12-16(3,13)14/h4,6-8,12H,1,5H2,2-3H3. The minimum Gasteiger partial charge on any atom is -0.497 e. The lowest BCUT2D eigenvalue weighted by atomic mass is 10.1. The van der Waals surface area contributed by atoms with Crippen LogP contribution in [0.25, 0.3) is 0 Å². The van der Waals surface area contributed by atoms with Gasteiger partial charge in [-0.15, -0.1) is 6.58 Å². The van der Waals surface area contributed by atoms with E-state index < -0.39 is 10.0 Å². The van der Waals surface area contributed by atoms with Crippen molar-refractivity contribution in [3.8, 4) is 5.75 Å². The summed E-state index contributed by atoms with van der Waals surface area (Å²) in [6.07, 6.45) is 3.41. The number of ether oxygens (including phenoxy) is 1. The normalized spacial score (nSPS) is 10.9. The van der Waals surface area contributed by atoms with Gasteiger partial charge in [0.1, 0.15) is 5.75 Å². The molecule has 0 radical (unpaired) electrons. The molecule has 0 saturated heterocycles. The van der Waals surface area contributed by atoms with Gasteiger partial charge in [0.2, 0.25) is 10.0 Å². The zero-order valence-corrected chi connectivity index (χ0v) is 10.2. The highest BCUT2D eigenvalue weighted by Gasteiger charge is 2.07. The Morgan fingerprint density at radius 3 is 2.69 bits per heavy atom. The summed E-state index contributed by atoms with van der Waals surface area (Å²) in [6.45, 7) is 3.63. The molecule has 1 aromatic carbocycles. The fraction of sp³-hybridized carbons (Fsp3) is 0.273. The topological polar surface area (TPSA) is 55.4 Å². The summed E-state index contributed by atoms with van der Waals surface area (Å²) in [6, 6.07) is 5.17. The number of anilines is 1. The van der Waals surface area contributed by atoms with Crippen LogP contribution in [0.1, 0.15) is 5.56 Å². The maximum atomic E-state index is 11.1. The maximum Gasteiger partial charge on any atom is 0.229 e. The molecule has 0 aliphatic rings. The van der Waals surface area contributed by atoms with E-state index >= 15 is 0 Å². The van der Waals surface area contributed by atoms with Crippen molar-refractivity contribution in [1.29, 1.82) is 0 Å². The van der Waals surface area contributed by atoms with Crippen molar-refractivity contribution in [2.75, 3.05) is 18.1 Å². The Bertz CT molecular complexity index is 480. The number of allylic oxidation sites excluding steroid dienone is 1. The van der Waals surface area contributed by atoms with Crippen LogP contribution in [0.2, 0.25) is 0 Å². The number of sulfonamides is 1. The van der Waals surface area contributed by atoms with Gasteiger partial charge in [0.15, 0.2) is 0 Å². The zero-order valence-electron chi connectivity index (χ0n) is 9.36. The van der Waals surface area contributed by atoms with Gasteiger partial charge in [-0.05, 0) is 30.2 Å². The first-order valence-electron chi connectivity index (χ1n) is 4.72. The summed E-state index contributed by atoms with van der Waals surface area (Å²) in [5.41, 5.74) is 1.39. The summed E-state index contributed by atoms with van der Waals surface area (Å²) in [4.78, 5) is 0. The molecular weight excluding hydrogens is 226 g/mol. The molecule has 0 amide bonds. The van der Waals surface area contributed by atoms with Crippen molar-refractivity contribution >= 4 is 15.7 Å². The lowest BCUT2D eigenvalue weighted by Crippen LogP contribution is -2.11. The number of hydrogen-bond acceptors (Lipinski definition) is 3. The number of hydrogen-bond donors (Lipinski definition) is 1. The maximum absolute atomic E-state index is 11.1. The molecule has 1 aromatic rings. The Balaban J connectivity index is 3.12. The minimum atomic E-state index is -3.26. The van der Waals surface area contributed by atoms with Gasteiger partial charge in [-0.2, -0.15) is 0 Å². The third-order valence-corrected chi connectivity index (χ3v) is 2.56. The molecule has 0 fully saturated rings. The molecule has 0 aliphatic carbocycles. The Morgan fingerprint density at radius 2 is 2.19 bits per heavy atom. The molecule has 5 heteroatoms. The van der Waals surface area contributed by atoms with Crippen molar-refractivity contribution in [1.82, 2.24) is 0 Å². The highest BCUT2D eigenvalue weighted by molar-refractivity contribution is 7.92. The zero-order chi connectivity index (χ0) is 12.2. The molecule has 4 nitrogen and oxygen atoms in total. The second-order valence-corrected chi connectivity index (χ2v) is 5.14. The summed E-state index contributed by atoms with van der Waals surface area (Å²) in [7, 11) is -1.70. The average Bonchev–Trinajstić information content (AvgIpc) is 2.19. The largest absolute Gasteiger partial charge is 0.497 e. The Labute approximate surface area is 96.0 Å². The van der Waals surface area contributed by atoms with E-state index in [1.807, 2.05) is 0 Å². The van der Waals surface area contributed by atoms with Crippen molar-refractivity contribution in [3.63, 3.8) is 0 Å². The van der Waals surface area contributed by atoms with E-state index in [2.05, 4.69) is 11.3 Å². The summed E-state index contributed by atoms with van der Waals surface area (Å²) in [5, 5.41) is 0. The SMILES string of the molecule is C=CCc1cc(OC)ccc1NS(C)(=O)=O. The van der Waals surface area contributed by atoms with E-state index in [-0.39, 0.29) is 0 Å². The molecule has 1 N–H and O–H groups in total. The number of methoxy groups -OCH3 is 1. The minimum absolute atomic E-state index is 0.559. The molecule has 16 heavy (non-hydrogen) atoms. The Morgan fingerprint density at radius 1 is 1.50 bits per heavy atom. The first kappa shape index (κ1) is 12.6. The van der Waals surface area contributed by atoms with Crippen LogP contribution in [0.4, 0.5) is 5.69 Å². The second kappa shape index (κ2) is 5.03. The fourth-order valence-electron chi connectivity index (χ4n) is 1.32. The Hall–Kier alpha value is -1.49. The number of rotatable bonds is 5. The monoisotopic (exact) mass is 241 g/mol. The van der Waals surface area contributed by atoms with Gasteiger partial charge in [0.05, 0.1) is 19.1 Å². The molecule has 0 aliphatic heterocycles. The third-order valence-electron chi connectivity index (χ3n) is 1.97. The number of nitrogens with one attached hydrogen (secondary N) is 1. The van der Waals surface area contributed by atoms with Gasteiger partial charge < -0.3 is 4.74 Å². The summed E-state index contributed by atoms with van der Waals surface area (Å²) < 4.78 is 29.8. The highest BCUT2D eigenvalue weighted by atomic mass is 32.2. The van der Waals surface area contributed by atoms with Crippen LogP contribution in [0, 0.1) is 0 Å². The van der Waals surface area contributed by atoms with Crippen LogP contribution in [0.5, 0.6) is 5.75 Å². The van der Waals surface area contributed by atoms with Gasteiger partial charge in [-0.1, -0.05) is 6.08 Å². The van der Waals surface area contributed by atoms with Crippen LogP contribution in [-0.2, 0) is 16.4 Å². The van der Waals surface area contributed by atoms with E-state index in [4.69, 9.17) is 4.74 Å². The van der Waals surface area contributed by atoms with E-state index in [0.29, 0.717) is 17.9 Å². The molecule has 88 valence electrons. The van der Waals surface area contributed by atoms with Gasteiger partial charge in [0.25, 0.3) is 0 Å². The van der Waals surface area contributed by atoms with E-state index in [1.165, 1.54) is 0 Å². The fourth-order valence-corrected chi connectivity index (χ4v) is 1.92. The van der Waals surface area contributed by atoms with Gasteiger partial charge >= 0.3 is 0 Å². The summed E-state index contributed by atoms with van der Waals surface area (Å²) in [5.74, 6) is 0.691. The van der Waals surface area contributed by atoms with Gasteiger partial charge in [-0.3, -0.25) is 4.72 Å². The molecule has 0 atom stereocenters. The van der Waals surface area contributed by atoms with Crippen LogP contribution < -0.4 is 9.46 Å². The van der Waals surface area contributed by atoms with Crippen LogP contribution in [0.3, 0.4) is 0 Å². The molecule has 0 spiro atoms. The molecule has 0 aromatic heterocycles. The predicted molar refractivity (Wildman–Crippen MR) is 65.4 cm³/mol. The first-order valence-corrected chi connectivity index (χ1v) is 6.61. The average molecular weight is 241 g/mol. The number of benzene rings is 1. The molecular formula is C11H15NO3S. The quantitative estimate of drug-likeness (QED) is 0.800. The summed E-state index contributed by atoms with van der Waals surface area (Å²) >= 11 is 0.